The number of aliphatic imine (C=N–C) groups is 1. The number of rotatable bonds is 5. The number of guanidine groups is 1. The van der Waals surface area contributed by atoms with Crippen molar-refractivity contribution >= 4 is 29.9 Å². The Morgan fingerprint density at radius 1 is 1.42 bits per heavy atom. The van der Waals surface area contributed by atoms with E-state index in [0.717, 1.165) is 30.4 Å². The lowest BCUT2D eigenvalue weighted by molar-refractivity contribution is 0.201. The monoisotopic (exact) mass is 377 g/mol. The summed E-state index contributed by atoms with van der Waals surface area (Å²) in [6.07, 6.45) is 0. The molecule has 1 aromatic rings. The van der Waals surface area contributed by atoms with Crippen LogP contribution in [0.1, 0.15) is 12.5 Å². The Hall–Kier alpha value is -1.02. The summed E-state index contributed by atoms with van der Waals surface area (Å²) in [7, 11) is 0. The maximum Gasteiger partial charge on any atom is 0.191 e. The molecule has 0 aromatic heterocycles. The van der Waals surface area contributed by atoms with Gasteiger partial charge in [0.25, 0.3) is 0 Å². The number of halogens is 1. The highest BCUT2D eigenvalue weighted by Gasteiger charge is 2.11. The molecule has 6 heteroatoms. The summed E-state index contributed by atoms with van der Waals surface area (Å²) < 4.78 is 5.30. The summed E-state index contributed by atoms with van der Waals surface area (Å²) in [5.41, 5.74) is 1.16. The van der Waals surface area contributed by atoms with Gasteiger partial charge in [0.2, 0.25) is 0 Å². The normalized spacial score (nSPS) is 17.2. The third-order valence-corrected chi connectivity index (χ3v) is 2.65. The molecule has 5 nitrogen and oxygen atoms in total. The van der Waals surface area contributed by atoms with Crippen LogP contribution in [0.5, 0.6) is 5.75 Å². The molecule has 0 amide bonds. The fourth-order valence-electron chi connectivity index (χ4n) is 1.71. The van der Waals surface area contributed by atoms with E-state index in [1.54, 1.807) is 0 Å². The van der Waals surface area contributed by atoms with Gasteiger partial charge in [0.05, 0.1) is 13.2 Å². The molecular weight excluding hydrogens is 357 g/mol. The second kappa shape index (κ2) is 8.21. The number of nitrogens with zero attached hydrogens (tertiary/aromatic N) is 1. The molecule has 19 heavy (non-hydrogen) atoms. The smallest absolute Gasteiger partial charge is 0.191 e. The molecule has 0 aliphatic carbocycles. The van der Waals surface area contributed by atoms with Crippen molar-refractivity contribution in [2.75, 3.05) is 19.8 Å². The van der Waals surface area contributed by atoms with Crippen LogP contribution in [0.15, 0.2) is 29.3 Å². The van der Waals surface area contributed by atoms with E-state index in [2.05, 4.69) is 22.5 Å². The molecule has 0 spiro atoms. The summed E-state index contributed by atoms with van der Waals surface area (Å²) in [5, 5.41) is 15.2. The van der Waals surface area contributed by atoms with Crippen LogP contribution in [0.3, 0.4) is 0 Å². The van der Waals surface area contributed by atoms with Gasteiger partial charge in [-0.1, -0.05) is 12.1 Å². The Bertz CT molecular complexity index is 409. The van der Waals surface area contributed by atoms with Crippen LogP contribution >= 0.6 is 24.0 Å². The van der Waals surface area contributed by atoms with Crippen LogP contribution in [0, 0.1) is 0 Å². The van der Waals surface area contributed by atoms with Crippen molar-refractivity contribution < 1.29 is 9.84 Å². The lowest BCUT2D eigenvalue weighted by atomic mass is 10.2. The lowest BCUT2D eigenvalue weighted by Crippen LogP contribution is -2.37. The van der Waals surface area contributed by atoms with Gasteiger partial charge in [0.15, 0.2) is 5.96 Å². The third kappa shape index (κ3) is 5.23. The number of ether oxygens (including phenoxy) is 1. The minimum absolute atomic E-state index is 0. The molecule has 0 fully saturated rings. The standard InChI is InChI=1S/C13H19N3O2.HI/c1-10-8-14-13(16-10)15-9-11-2-4-12(5-3-11)18-7-6-17;/h2-5,10,17H,6-9H2,1H3,(H2,14,15,16);1H. The predicted octanol–water partition coefficient (Wildman–Crippen LogP) is 1.11. The second-order valence-corrected chi connectivity index (χ2v) is 4.30. The highest BCUT2D eigenvalue weighted by Crippen LogP contribution is 2.11. The van der Waals surface area contributed by atoms with Crippen LogP contribution in [-0.2, 0) is 6.54 Å². The summed E-state index contributed by atoms with van der Waals surface area (Å²) in [4.78, 5) is 4.33. The zero-order valence-electron chi connectivity index (χ0n) is 10.9. The maximum atomic E-state index is 8.65. The fourth-order valence-corrected chi connectivity index (χ4v) is 1.71. The van der Waals surface area contributed by atoms with Crippen molar-refractivity contribution in [3.8, 4) is 5.75 Å². The van der Waals surface area contributed by atoms with Gasteiger partial charge in [-0.2, -0.15) is 0 Å². The quantitative estimate of drug-likeness (QED) is 0.673. The Balaban J connectivity index is 0.00000180. The van der Waals surface area contributed by atoms with Gasteiger partial charge < -0.3 is 20.5 Å². The van der Waals surface area contributed by atoms with E-state index in [9.17, 15) is 0 Å². The van der Waals surface area contributed by atoms with Crippen LogP contribution < -0.4 is 15.4 Å². The van der Waals surface area contributed by atoms with Crippen molar-refractivity contribution in [1.82, 2.24) is 10.6 Å². The Morgan fingerprint density at radius 3 is 2.74 bits per heavy atom. The molecule has 1 heterocycles. The second-order valence-electron chi connectivity index (χ2n) is 4.30. The summed E-state index contributed by atoms with van der Waals surface area (Å²) >= 11 is 0. The Kier molecular flexibility index (Phi) is 6.93. The van der Waals surface area contributed by atoms with Gasteiger partial charge >= 0.3 is 0 Å². The van der Waals surface area contributed by atoms with Crippen LogP contribution in [0.4, 0.5) is 0 Å². The number of hydrogen-bond acceptors (Lipinski definition) is 5. The molecule has 3 N–H and O–H groups in total. The first-order valence-corrected chi connectivity index (χ1v) is 6.15. The number of benzene rings is 1. The zero-order valence-corrected chi connectivity index (χ0v) is 13.3. The molecule has 0 bridgehead atoms. The average Bonchev–Trinajstić information content (AvgIpc) is 2.81. The minimum Gasteiger partial charge on any atom is -0.491 e. The molecule has 2 rings (SSSR count). The number of aliphatic hydroxyl groups is 1. The van der Waals surface area contributed by atoms with Crippen molar-refractivity contribution in [1.29, 1.82) is 0 Å². The molecule has 0 saturated carbocycles. The van der Waals surface area contributed by atoms with Gasteiger partial charge in [-0.25, -0.2) is 0 Å². The maximum absolute atomic E-state index is 8.65. The third-order valence-electron chi connectivity index (χ3n) is 2.65. The molecule has 1 atom stereocenters. The lowest BCUT2D eigenvalue weighted by Gasteiger charge is -2.09. The van der Waals surface area contributed by atoms with E-state index in [1.807, 2.05) is 24.3 Å². The molecule has 0 radical (unpaired) electrons. The number of aliphatic hydroxyl groups excluding tert-OH is 1. The van der Waals surface area contributed by atoms with E-state index in [4.69, 9.17) is 9.84 Å². The van der Waals surface area contributed by atoms with E-state index < -0.39 is 0 Å². The van der Waals surface area contributed by atoms with Crippen molar-refractivity contribution in [2.45, 2.75) is 19.5 Å². The minimum atomic E-state index is 0. The van der Waals surface area contributed by atoms with Crippen molar-refractivity contribution in [3.63, 3.8) is 0 Å². The highest BCUT2D eigenvalue weighted by molar-refractivity contribution is 14.0. The average molecular weight is 377 g/mol. The molecule has 106 valence electrons. The zero-order chi connectivity index (χ0) is 12.8. The molecule has 1 aliphatic rings. The predicted molar refractivity (Wildman–Crippen MR) is 86.2 cm³/mol. The summed E-state index contributed by atoms with van der Waals surface area (Å²) in [6.45, 7) is 4.03. The first-order valence-electron chi connectivity index (χ1n) is 6.15. The van der Waals surface area contributed by atoms with Gasteiger partial charge in [-0.3, -0.25) is 4.99 Å². The molecule has 0 saturated heterocycles. The largest absolute Gasteiger partial charge is 0.491 e. The molecule has 1 unspecified atom stereocenters. The fraction of sp³-hybridized carbons (Fsp3) is 0.462. The van der Waals surface area contributed by atoms with Crippen LogP contribution in [0.25, 0.3) is 0 Å². The van der Waals surface area contributed by atoms with Gasteiger partial charge in [-0.15, -0.1) is 24.0 Å². The van der Waals surface area contributed by atoms with Gasteiger partial charge in [0, 0.05) is 12.6 Å². The van der Waals surface area contributed by atoms with Gasteiger partial charge in [0.1, 0.15) is 12.4 Å². The highest BCUT2D eigenvalue weighted by atomic mass is 127. The van der Waals surface area contributed by atoms with Crippen LogP contribution in [0.2, 0.25) is 0 Å². The number of nitrogens with one attached hydrogen (secondary N) is 2. The first kappa shape index (κ1) is 16.0. The van der Waals surface area contributed by atoms with Crippen LogP contribution in [-0.4, -0.2) is 36.9 Å². The SMILES string of the molecule is CC1CN=C(NCc2ccc(OCCO)cc2)N1.I. The van der Waals surface area contributed by atoms with Gasteiger partial charge in [-0.05, 0) is 24.6 Å². The van der Waals surface area contributed by atoms with E-state index >= 15 is 0 Å². The van der Waals surface area contributed by atoms with Crippen molar-refractivity contribution in [3.05, 3.63) is 29.8 Å². The molecule has 1 aliphatic heterocycles. The first-order chi connectivity index (χ1) is 8.78. The summed E-state index contributed by atoms with van der Waals surface area (Å²) in [6, 6.07) is 8.22. The van der Waals surface area contributed by atoms with E-state index in [1.165, 1.54) is 0 Å². The molecule has 1 aromatic carbocycles. The summed E-state index contributed by atoms with van der Waals surface area (Å²) in [5.74, 6) is 1.64. The number of hydrogen-bond donors (Lipinski definition) is 3. The Labute approximate surface area is 130 Å². The molecular formula is C13H20IN3O2. The topological polar surface area (TPSA) is 65.9 Å². The Morgan fingerprint density at radius 2 is 2.16 bits per heavy atom. The van der Waals surface area contributed by atoms with Crippen molar-refractivity contribution in [2.24, 2.45) is 4.99 Å². The van der Waals surface area contributed by atoms with E-state index in [0.29, 0.717) is 12.6 Å². The van der Waals surface area contributed by atoms with E-state index in [-0.39, 0.29) is 30.6 Å².